The highest BCUT2D eigenvalue weighted by molar-refractivity contribution is 9.10. The molecular weight excluding hydrogens is 336 g/mol. The van der Waals surface area contributed by atoms with Gasteiger partial charge in [0.25, 0.3) is 0 Å². The first kappa shape index (κ1) is 16.1. The van der Waals surface area contributed by atoms with Crippen molar-refractivity contribution in [3.05, 3.63) is 68.7 Å². The molecule has 112 valence electrons. The predicted octanol–water partition coefficient (Wildman–Crippen LogP) is 5.04. The minimum Gasteiger partial charge on any atom is -0.306 e. The van der Waals surface area contributed by atoms with Crippen molar-refractivity contribution in [3.63, 3.8) is 0 Å². The molecule has 21 heavy (non-hydrogen) atoms. The van der Waals surface area contributed by atoms with Gasteiger partial charge in [0.2, 0.25) is 0 Å². The van der Waals surface area contributed by atoms with Gasteiger partial charge in [0.15, 0.2) is 0 Å². The molecule has 1 unspecified atom stereocenters. The minimum absolute atomic E-state index is 0.241. The molecule has 0 aliphatic rings. The number of hydrogen-bond donors (Lipinski definition) is 1. The Kier molecular flexibility index (Phi) is 5.12. The minimum atomic E-state index is -0.318. The molecule has 2 aromatic rings. The van der Waals surface area contributed by atoms with Crippen LogP contribution in [0.2, 0.25) is 0 Å². The maximum absolute atomic E-state index is 14.5. The van der Waals surface area contributed by atoms with Crippen molar-refractivity contribution in [2.75, 3.05) is 6.54 Å². The Morgan fingerprint density at radius 2 is 1.86 bits per heavy atom. The summed E-state index contributed by atoms with van der Waals surface area (Å²) in [6, 6.07) is 7.66. The largest absolute Gasteiger partial charge is 0.306 e. The molecule has 0 saturated heterocycles. The summed E-state index contributed by atoms with van der Waals surface area (Å²) in [6.45, 7) is 6.41. The van der Waals surface area contributed by atoms with E-state index in [-0.39, 0.29) is 17.7 Å². The Morgan fingerprint density at radius 3 is 2.43 bits per heavy atom. The van der Waals surface area contributed by atoms with Crippen molar-refractivity contribution in [2.24, 2.45) is 0 Å². The average molecular weight is 354 g/mol. The standard InChI is InChI=1S/C17H18BrF2N/c1-4-21-17(13-6-5-12(19)9-14(13)18)16-11(3)7-10(2)8-15(16)20/h5-9,17,21H,4H2,1-3H3. The van der Waals surface area contributed by atoms with E-state index in [1.54, 1.807) is 6.07 Å². The van der Waals surface area contributed by atoms with Gasteiger partial charge in [-0.1, -0.05) is 35.0 Å². The molecule has 0 saturated carbocycles. The van der Waals surface area contributed by atoms with Gasteiger partial charge in [-0.25, -0.2) is 8.78 Å². The highest BCUT2D eigenvalue weighted by Gasteiger charge is 2.21. The van der Waals surface area contributed by atoms with Crippen LogP contribution in [0.4, 0.5) is 8.78 Å². The van der Waals surface area contributed by atoms with Crippen LogP contribution in [0.3, 0.4) is 0 Å². The molecule has 2 aromatic carbocycles. The lowest BCUT2D eigenvalue weighted by Crippen LogP contribution is -2.24. The summed E-state index contributed by atoms with van der Waals surface area (Å²) in [7, 11) is 0. The number of benzene rings is 2. The van der Waals surface area contributed by atoms with Crippen LogP contribution in [0.1, 0.15) is 35.2 Å². The van der Waals surface area contributed by atoms with Crippen molar-refractivity contribution in [1.29, 1.82) is 0 Å². The molecule has 2 rings (SSSR count). The fraction of sp³-hybridized carbons (Fsp3) is 0.294. The second kappa shape index (κ2) is 6.67. The van der Waals surface area contributed by atoms with E-state index in [9.17, 15) is 8.78 Å². The lowest BCUT2D eigenvalue weighted by atomic mass is 9.93. The zero-order chi connectivity index (χ0) is 15.6. The highest BCUT2D eigenvalue weighted by Crippen LogP contribution is 2.33. The van der Waals surface area contributed by atoms with Crippen molar-refractivity contribution in [1.82, 2.24) is 5.32 Å². The fourth-order valence-electron chi connectivity index (χ4n) is 2.60. The molecule has 4 heteroatoms. The fourth-order valence-corrected chi connectivity index (χ4v) is 3.18. The Balaban J connectivity index is 2.59. The molecule has 0 heterocycles. The second-order valence-corrected chi connectivity index (χ2v) is 5.99. The summed E-state index contributed by atoms with van der Waals surface area (Å²) in [5, 5.41) is 3.28. The molecule has 1 atom stereocenters. The van der Waals surface area contributed by atoms with Crippen LogP contribution in [0.15, 0.2) is 34.8 Å². The van der Waals surface area contributed by atoms with E-state index in [4.69, 9.17) is 0 Å². The van der Waals surface area contributed by atoms with Gasteiger partial charge in [0.05, 0.1) is 6.04 Å². The number of rotatable bonds is 4. The summed E-state index contributed by atoms with van der Waals surface area (Å²) in [5.41, 5.74) is 3.20. The predicted molar refractivity (Wildman–Crippen MR) is 85.5 cm³/mol. The Bertz CT molecular complexity index is 632. The van der Waals surface area contributed by atoms with Crippen molar-refractivity contribution >= 4 is 15.9 Å². The lowest BCUT2D eigenvalue weighted by Gasteiger charge is -2.23. The third-order valence-electron chi connectivity index (χ3n) is 3.45. The van der Waals surface area contributed by atoms with Crippen molar-refractivity contribution in [3.8, 4) is 0 Å². The van der Waals surface area contributed by atoms with Crippen molar-refractivity contribution in [2.45, 2.75) is 26.8 Å². The normalized spacial score (nSPS) is 12.5. The Labute approximate surface area is 132 Å². The molecule has 0 aliphatic carbocycles. The zero-order valence-electron chi connectivity index (χ0n) is 12.3. The number of halogens is 3. The zero-order valence-corrected chi connectivity index (χ0v) is 13.9. The Morgan fingerprint density at radius 1 is 1.14 bits per heavy atom. The van der Waals surface area contributed by atoms with Crippen LogP contribution in [-0.4, -0.2) is 6.54 Å². The first-order valence-corrected chi connectivity index (χ1v) is 7.68. The van der Waals surface area contributed by atoms with Crippen LogP contribution >= 0.6 is 15.9 Å². The van der Waals surface area contributed by atoms with Gasteiger partial charge in [0, 0.05) is 10.0 Å². The van der Waals surface area contributed by atoms with Crippen LogP contribution in [-0.2, 0) is 0 Å². The molecule has 1 N–H and O–H groups in total. The molecule has 0 radical (unpaired) electrons. The SMILES string of the molecule is CCNC(c1ccc(F)cc1Br)c1c(C)cc(C)cc1F. The third-order valence-corrected chi connectivity index (χ3v) is 4.14. The third kappa shape index (κ3) is 3.50. The van der Waals surface area contributed by atoms with E-state index in [1.165, 1.54) is 18.2 Å². The van der Waals surface area contributed by atoms with Gasteiger partial charge in [-0.05, 0) is 55.3 Å². The average Bonchev–Trinajstić information content (AvgIpc) is 2.37. The molecule has 0 aliphatic heterocycles. The van der Waals surface area contributed by atoms with E-state index >= 15 is 0 Å². The summed E-state index contributed by atoms with van der Waals surface area (Å²) in [5.74, 6) is -0.559. The van der Waals surface area contributed by atoms with Crippen LogP contribution in [0.5, 0.6) is 0 Å². The molecule has 0 spiro atoms. The first-order chi connectivity index (χ1) is 9.93. The quantitative estimate of drug-likeness (QED) is 0.811. The van der Waals surface area contributed by atoms with Gasteiger partial charge < -0.3 is 5.32 Å². The molecule has 0 amide bonds. The van der Waals surface area contributed by atoms with E-state index in [0.29, 0.717) is 16.6 Å². The van der Waals surface area contributed by atoms with E-state index < -0.39 is 0 Å². The molecule has 0 fully saturated rings. The molecular formula is C17H18BrF2N. The molecule has 0 aromatic heterocycles. The van der Waals surface area contributed by atoms with Gasteiger partial charge in [-0.2, -0.15) is 0 Å². The molecule has 0 bridgehead atoms. The summed E-state index contributed by atoms with van der Waals surface area (Å²) < 4.78 is 28.4. The van der Waals surface area contributed by atoms with Gasteiger partial charge in [-0.3, -0.25) is 0 Å². The number of nitrogens with one attached hydrogen (secondary N) is 1. The maximum Gasteiger partial charge on any atom is 0.128 e. The monoisotopic (exact) mass is 353 g/mol. The van der Waals surface area contributed by atoms with Crippen molar-refractivity contribution < 1.29 is 8.78 Å². The summed E-state index contributed by atoms with van der Waals surface area (Å²) >= 11 is 3.38. The number of hydrogen-bond acceptors (Lipinski definition) is 1. The smallest absolute Gasteiger partial charge is 0.128 e. The van der Waals surface area contributed by atoms with Crippen LogP contribution in [0, 0.1) is 25.5 Å². The second-order valence-electron chi connectivity index (χ2n) is 5.13. The van der Waals surface area contributed by atoms with E-state index in [2.05, 4.69) is 21.2 Å². The van der Waals surface area contributed by atoms with E-state index in [1.807, 2.05) is 26.8 Å². The van der Waals surface area contributed by atoms with Gasteiger partial charge in [0.1, 0.15) is 11.6 Å². The maximum atomic E-state index is 14.5. The summed E-state index contributed by atoms with van der Waals surface area (Å²) in [6.07, 6.45) is 0. The summed E-state index contributed by atoms with van der Waals surface area (Å²) in [4.78, 5) is 0. The first-order valence-electron chi connectivity index (χ1n) is 6.89. The topological polar surface area (TPSA) is 12.0 Å². The number of aryl methyl sites for hydroxylation is 2. The van der Waals surface area contributed by atoms with Gasteiger partial charge in [-0.15, -0.1) is 0 Å². The molecule has 1 nitrogen and oxygen atoms in total. The van der Waals surface area contributed by atoms with Crippen LogP contribution in [0.25, 0.3) is 0 Å². The van der Waals surface area contributed by atoms with Gasteiger partial charge >= 0.3 is 0 Å². The Hall–Kier alpha value is -1.26. The van der Waals surface area contributed by atoms with Crippen LogP contribution < -0.4 is 5.32 Å². The van der Waals surface area contributed by atoms with E-state index in [0.717, 1.165) is 16.7 Å². The highest BCUT2D eigenvalue weighted by atomic mass is 79.9. The lowest BCUT2D eigenvalue weighted by molar-refractivity contribution is 0.552.